The predicted octanol–water partition coefficient (Wildman–Crippen LogP) is 3.79. The first-order valence-electron chi connectivity index (χ1n) is 5.87. The fraction of sp³-hybridized carbons (Fsp3) is 0. The van der Waals surface area contributed by atoms with Crippen molar-refractivity contribution < 1.29 is 9.59 Å². The van der Waals surface area contributed by atoms with E-state index in [4.69, 9.17) is 0 Å². The van der Waals surface area contributed by atoms with Crippen LogP contribution in [0.4, 0.5) is 11.4 Å². The highest BCUT2D eigenvalue weighted by Gasteiger charge is 2.04. The highest BCUT2D eigenvalue weighted by atomic mass is 16.1. The Kier molecular flexibility index (Phi) is 4.52. The lowest BCUT2D eigenvalue weighted by molar-refractivity contribution is 0.565. The second-order valence-electron chi connectivity index (χ2n) is 3.86. The summed E-state index contributed by atoms with van der Waals surface area (Å²) in [5, 5.41) is 0. The van der Waals surface area contributed by atoms with E-state index in [0.717, 1.165) is 5.56 Å². The van der Waals surface area contributed by atoms with Gasteiger partial charge in [-0.3, -0.25) is 0 Å². The smallest absolute Gasteiger partial charge is 0.211 e. The Hall–Kier alpha value is -3.06. The molecular weight excluding hydrogens is 252 g/mol. The maximum Gasteiger partial charge on any atom is 0.240 e. The van der Waals surface area contributed by atoms with Crippen LogP contribution in [0.3, 0.4) is 0 Å². The average Bonchev–Trinajstić information content (AvgIpc) is 2.48. The molecule has 0 N–H and O–H groups in total. The normalized spacial score (nSPS) is 9.80. The van der Waals surface area contributed by atoms with Crippen LogP contribution in [0.5, 0.6) is 0 Å². The van der Waals surface area contributed by atoms with Crippen LogP contribution in [0, 0.1) is 0 Å². The van der Waals surface area contributed by atoms with E-state index < -0.39 is 0 Å². The summed E-state index contributed by atoms with van der Waals surface area (Å²) in [6, 6.07) is 14.6. The molecule has 20 heavy (non-hydrogen) atoms. The number of hydrogen-bond donors (Lipinski definition) is 0. The second-order valence-corrected chi connectivity index (χ2v) is 3.86. The van der Waals surface area contributed by atoms with Gasteiger partial charge in [-0.05, 0) is 23.8 Å². The van der Waals surface area contributed by atoms with E-state index in [1.165, 1.54) is 12.2 Å². The quantitative estimate of drug-likeness (QED) is 0.478. The van der Waals surface area contributed by atoms with E-state index in [1.54, 1.807) is 24.3 Å². The molecule has 0 aliphatic carbocycles. The second kappa shape index (κ2) is 6.76. The maximum atomic E-state index is 10.4. The van der Waals surface area contributed by atoms with Gasteiger partial charge in [-0.25, -0.2) is 9.59 Å². The number of aliphatic imine (C=N–C) groups is 2. The Bertz CT molecular complexity index is 687. The van der Waals surface area contributed by atoms with Crippen LogP contribution in [0.15, 0.2) is 58.5 Å². The average molecular weight is 262 g/mol. The molecule has 2 aromatic carbocycles. The molecule has 0 aliphatic rings. The van der Waals surface area contributed by atoms with Crippen LogP contribution < -0.4 is 0 Å². The number of benzene rings is 2. The zero-order chi connectivity index (χ0) is 14.2. The molecule has 0 fully saturated rings. The van der Waals surface area contributed by atoms with Crippen LogP contribution >= 0.6 is 0 Å². The SMILES string of the molecule is O=C=Nc1cccc(N=C=O)c1/C=C/c1ccccc1. The maximum absolute atomic E-state index is 10.4. The molecule has 0 amide bonds. The number of nitrogens with zero attached hydrogens (tertiary/aromatic N) is 2. The lowest BCUT2D eigenvalue weighted by Gasteiger charge is -2.02. The van der Waals surface area contributed by atoms with Crippen molar-refractivity contribution in [3.05, 3.63) is 59.7 Å². The van der Waals surface area contributed by atoms with E-state index in [-0.39, 0.29) is 0 Å². The summed E-state index contributed by atoms with van der Waals surface area (Å²) in [5.74, 6) is 0. The molecule has 4 heteroatoms. The first kappa shape index (κ1) is 13.4. The Morgan fingerprint density at radius 2 is 1.35 bits per heavy atom. The van der Waals surface area contributed by atoms with Gasteiger partial charge < -0.3 is 0 Å². The Morgan fingerprint density at radius 1 is 0.750 bits per heavy atom. The molecule has 0 heterocycles. The summed E-state index contributed by atoms with van der Waals surface area (Å²) >= 11 is 0. The van der Waals surface area contributed by atoms with Gasteiger partial charge in [0, 0.05) is 5.56 Å². The van der Waals surface area contributed by atoms with E-state index in [9.17, 15) is 9.59 Å². The van der Waals surface area contributed by atoms with Crippen molar-refractivity contribution in [3.63, 3.8) is 0 Å². The molecule has 4 nitrogen and oxygen atoms in total. The number of rotatable bonds is 4. The minimum atomic E-state index is 0.406. The highest BCUT2D eigenvalue weighted by Crippen LogP contribution is 2.30. The molecule has 96 valence electrons. The Balaban J connectivity index is 2.50. The highest BCUT2D eigenvalue weighted by molar-refractivity contribution is 5.83. The molecule has 2 rings (SSSR count). The lowest BCUT2D eigenvalue weighted by atomic mass is 10.1. The molecule has 0 saturated heterocycles. The predicted molar refractivity (Wildman–Crippen MR) is 77.4 cm³/mol. The molecule has 0 radical (unpaired) electrons. The van der Waals surface area contributed by atoms with Crippen molar-refractivity contribution in [2.75, 3.05) is 0 Å². The van der Waals surface area contributed by atoms with E-state index in [1.807, 2.05) is 36.4 Å². The summed E-state index contributed by atoms with van der Waals surface area (Å²) in [6.07, 6.45) is 6.59. The third-order valence-electron chi connectivity index (χ3n) is 2.63. The van der Waals surface area contributed by atoms with Crippen molar-refractivity contribution >= 4 is 35.7 Å². The summed E-state index contributed by atoms with van der Waals surface area (Å²) in [4.78, 5) is 28.1. The molecule has 0 bridgehead atoms. The number of carbonyl (C=O) groups excluding carboxylic acids is 2. The van der Waals surface area contributed by atoms with Crippen LogP contribution in [-0.2, 0) is 9.59 Å². The number of hydrogen-bond acceptors (Lipinski definition) is 4. The molecule has 0 aromatic heterocycles. The Labute approximate surface area is 115 Å². The monoisotopic (exact) mass is 262 g/mol. The largest absolute Gasteiger partial charge is 0.240 e. The van der Waals surface area contributed by atoms with Crippen molar-refractivity contribution in [2.24, 2.45) is 9.98 Å². The van der Waals surface area contributed by atoms with Gasteiger partial charge in [0.1, 0.15) is 0 Å². The topological polar surface area (TPSA) is 58.9 Å². The third kappa shape index (κ3) is 3.24. The zero-order valence-corrected chi connectivity index (χ0v) is 10.5. The van der Waals surface area contributed by atoms with Crippen LogP contribution in [0.1, 0.15) is 11.1 Å². The van der Waals surface area contributed by atoms with Gasteiger partial charge in [-0.1, -0.05) is 42.5 Å². The lowest BCUT2D eigenvalue weighted by Crippen LogP contribution is -1.78. The van der Waals surface area contributed by atoms with Gasteiger partial charge in [0.15, 0.2) is 0 Å². The molecule has 2 aromatic rings. The van der Waals surface area contributed by atoms with E-state index in [2.05, 4.69) is 9.98 Å². The minimum Gasteiger partial charge on any atom is -0.211 e. The summed E-state index contributed by atoms with van der Waals surface area (Å²) in [6.45, 7) is 0. The van der Waals surface area contributed by atoms with Gasteiger partial charge >= 0.3 is 0 Å². The van der Waals surface area contributed by atoms with Crippen molar-refractivity contribution in [1.29, 1.82) is 0 Å². The molecular formula is C16H10N2O2. The van der Waals surface area contributed by atoms with Gasteiger partial charge in [-0.2, -0.15) is 9.98 Å². The van der Waals surface area contributed by atoms with Crippen LogP contribution in [0.2, 0.25) is 0 Å². The Morgan fingerprint density at radius 3 is 1.90 bits per heavy atom. The van der Waals surface area contributed by atoms with Crippen molar-refractivity contribution in [2.45, 2.75) is 0 Å². The first-order chi connectivity index (χ1) is 9.85. The zero-order valence-electron chi connectivity index (χ0n) is 10.5. The van der Waals surface area contributed by atoms with Crippen LogP contribution in [0.25, 0.3) is 12.2 Å². The molecule has 0 atom stereocenters. The number of isocyanates is 2. The van der Waals surface area contributed by atoms with Gasteiger partial charge in [-0.15, -0.1) is 0 Å². The molecule has 0 unspecified atom stereocenters. The van der Waals surface area contributed by atoms with Gasteiger partial charge in [0.25, 0.3) is 0 Å². The molecule has 0 spiro atoms. The molecule has 0 aliphatic heterocycles. The minimum absolute atomic E-state index is 0.406. The summed E-state index contributed by atoms with van der Waals surface area (Å²) < 4.78 is 0. The molecule has 0 saturated carbocycles. The fourth-order valence-electron chi connectivity index (χ4n) is 1.75. The van der Waals surface area contributed by atoms with Gasteiger partial charge in [0.05, 0.1) is 11.4 Å². The summed E-state index contributed by atoms with van der Waals surface area (Å²) in [7, 11) is 0. The fourth-order valence-corrected chi connectivity index (χ4v) is 1.75. The first-order valence-corrected chi connectivity index (χ1v) is 5.87. The van der Waals surface area contributed by atoms with Crippen molar-refractivity contribution in [3.8, 4) is 0 Å². The standard InChI is InChI=1S/C16H10N2O2/c19-11-17-15-7-4-8-16(18-12-20)14(15)10-9-13-5-2-1-3-6-13/h1-10H/b10-9+. The van der Waals surface area contributed by atoms with E-state index in [0.29, 0.717) is 16.9 Å². The van der Waals surface area contributed by atoms with Gasteiger partial charge in [0.2, 0.25) is 12.2 Å². The van der Waals surface area contributed by atoms with E-state index >= 15 is 0 Å². The summed E-state index contributed by atoms with van der Waals surface area (Å²) in [5.41, 5.74) is 2.37. The van der Waals surface area contributed by atoms with Crippen molar-refractivity contribution in [1.82, 2.24) is 0 Å². The van der Waals surface area contributed by atoms with Crippen LogP contribution in [-0.4, -0.2) is 12.2 Å². The third-order valence-corrected chi connectivity index (χ3v) is 2.63.